The zero-order chi connectivity index (χ0) is 18.9. The molecule has 0 N–H and O–H groups in total. The van der Waals surface area contributed by atoms with Crippen LogP contribution < -0.4 is 4.74 Å². The lowest BCUT2D eigenvalue weighted by atomic mass is 10.2. The molecule has 1 unspecified atom stereocenters. The van der Waals surface area contributed by atoms with E-state index in [9.17, 15) is 18.0 Å². The van der Waals surface area contributed by atoms with Gasteiger partial charge in [-0.1, -0.05) is 0 Å². The summed E-state index contributed by atoms with van der Waals surface area (Å²) in [6.07, 6.45) is 2.29. The van der Waals surface area contributed by atoms with Crippen molar-refractivity contribution in [3.05, 3.63) is 28.2 Å². The van der Waals surface area contributed by atoms with Crippen LogP contribution in [0.25, 0.3) is 0 Å². The van der Waals surface area contributed by atoms with Gasteiger partial charge in [-0.25, -0.2) is 13.2 Å². The molecule has 3 rings (SSSR count). The second-order valence-corrected chi connectivity index (χ2v) is 9.60. The normalized spacial score (nSPS) is 21.2. The average molecular weight is 446 g/mol. The quantitative estimate of drug-likeness (QED) is 0.620. The Labute approximate surface area is 160 Å². The van der Waals surface area contributed by atoms with Gasteiger partial charge < -0.3 is 14.4 Å². The minimum Gasteiger partial charge on any atom is -0.483 e. The number of esters is 1. The third-order valence-corrected chi connectivity index (χ3v) is 6.90. The molecule has 1 aliphatic heterocycles. The van der Waals surface area contributed by atoms with E-state index >= 15 is 0 Å². The number of halogens is 1. The van der Waals surface area contributed by atoms with Gasteiger partial charge in [-0.2, -0.15) is 0 Å². The zero-order valence-corrected chi connectivity index (χ0v) is 16.7. The highest BCUT2D eigenvalue weighted by molar-refractivity contribution is 9.10. The Balaban J connectivity index is 1.65. The number of methoxy groups -OCH3 is 1. The molecule has 0 spiro atoms. The number of carbonyl (C=O) groups is 2. The molecule has 142 valence electrons. The minimum atomic E-state index is -3.06. The molecule has 2 aliphatic rings. The lowest BCUT2D eigenvalue weighted by Gasteiger charge is -2.28. The molecule has 1 aromatic carbocycles. The fourth-order valence-corrected chi connectivity index (χ4v) is 5.33. The van der Waals surface area contributed by atoms with Gasteiger partial charge in [0.15, 0.2) is 16.4 Å². The van der Waals surface area contributed by atoms with Crippen molar-refractivity contribution >= 4 is 37.6 Å². The molecular weight excluding hydrogens is 426 g/mol. The summed E-state index contributed by atoms with van der Waals surface area (Å²) < 4.78 is 34.3. The highest BCUT2D eigenvalue weighted by Crippen LogP contribution is 2.33. The Morgan fingerprint density at radius 2 is 1.96 bits per heavy atom. The molecule has 1 atom stereocenters. The van der Waals surface area contributed by atoms with Gasteiger partial charge in [-0.3, -0.25) is 4.79 Å². The van der Waals surface area contributed by atoms with Gasteiger partial charge in [0.1, 0.15) is 5.75 Å². The Kier molecular flexibility index (Phi) is 5.57. The first kappa shape index (κ1) is 19.2. The van der Waals surface area contributed by atoms with Crippen LogP contribution in [-0.4, -0.2) is 62.5 Å². The van der Waals surface area contributed by atoms with Crippen LogP contribution in [0.3, 0.4) is 0 Å². The van der Waals surface area contributed by atoms with Crippen LogP contribution in [0.15, 0.2) is 22.7 Å². The monoisotopic (exact) mass is 445 g/mol. The van der Waals surface area contributed by atoms with E-state index < -0.39 is 15.8 Å². The van der Waals surface area contributed by atoms with E-state index in [2.05, 4.69) is 20.7 Å². The van der Waals surface area contributed by atoms with Crippen molar-refractivity contribution in [3.8, 4) is 5.75 Å². The molecule has 1 heterocycles. The second-order valence-electron chi connectivity index (χ2n) is 6.51. The topological polar surface area (TPSA) is 90.0 Å². The summed E-state index contributed by atoms with van der Waals surface area (Å²) in [6.45, 7) is -0.177. The number of ether oxygens (including phenoxy) is 2. The Bertz CT molecular complexity index is 821. The van der Waals surface area contributed by atoms with Gasteiger partial charge >= 0.3 is 5.97 Å². The maximum absolute atomic E-state index is 12.6. The van der Waals surface area contributed by atoms with E-state index in [4.69, 9.17) is 4.74 Å². The maximum Gasteiger partial charge on any atom is 0.337 e. The standard InChI is InChI=1S/C17H20BrNO6S/c1-24-17(21)11-2-5-15(14(18)8-11)25-9-16(20)19(12-3-4-12)13-6-7-26(22,23)10-13/h2,5,8,12-13H,3-4,6-7,9-10H2,1H3. The summed E-state index contributed by atoms with van der Waals surface area (Å²) >= 11 is 3.32. The Morgan fingerprint density at radius 3 is 2.50 bits per heavy atom. The number of hydrogen-bond acceptors (Lipinski definition) is 6. The van der Waals surface area contributed by atoms with Crippen LogP contribution >= 0.6 is 15.9 Å². The number of benzene rings is 1. The Morgan fingerprint density at radius 1 is 1.23 bits per heavy atom. The highest BCUT2D eigenvalue weighted by atomic mass is 79.9. The molecule has 2 fully saturated rings. The molecular formula is C17H20BrNO6S. The molecule has 0 radical (unpaired) electrons. The number of rotatable bonds is 6. The summed E-state index contributed by atoms with van der Waals surface area (Å²) in [7, 11) is -1.75. The molecule has 1 saturated heterocycles. The van der Waals surface area contributed by atoms with Gasteiger partial charge in [0, 0.05) is 12.1 Å². The van der Waals surface area contributed by atoms with Crippen LogP contribution in [0.2, 0.25) is 0 Å². The maximum atomic E-state index is 12.6. The van der Waals surface area contributed by atoms with Gasteiger partial charge in [-0.15, -0.1) is 0 Å². The molecule has 1 saturated carbocycles. The summed E-state index contributed by atoms with van der Waals surface area (Å²) in [4.78, 5) is 25.9. The Hall–Kier alpha value is -1.61. The smallest absolute Gasteiger partial charge is 0.337 e. The number of amides is 1. The van der Waals surface area contributed by atoms with E-state index in [-0.39, 0.29) is 36.1 Å². The number of nitrogens with zero attached hydrogens (tertiary/aromatic N) is 1. The summed E-state index contributed by atoms with van der Waals surface area (Å²) in [5, 5.41) is 0. The van der Waals surface area contributed by atoms with Crippen molar-refractivity contribution in [3.63, 3.8) is 0 Å². The molecule has 1 amide bonds. The number of carbonyl (C=O) groups excluding carboxylic acids is 2. The van der Waals surface area contributed by atoms with Crippen LogP contribution in [-0.2, 0) is 19.4 Å². The van der Waals surface area contributed by atoms with Crippen molar-refractivity contribution in [1.29, 1.82) is 0 Å². The average Bonchev–Trinajstić information content (AvgIpc) is 3.36. The first-order valence-corrected chi connectivity index (χ1v) is 10.9. The summed E-state index contributed by atoms with van der Waals surface area (Å²) in [5.74, 6) is -0.0718. The number of hydrogen-bond donors (Lipinski definition) is 0. The molecule has 9 heteroatoms. The minimum absolute atomic E-state index is 0.0345. The molecule has 0 aromatic heterocycles. The van der Waals surface area contributed by atoms with E-state index in [1.54, 1.807) is 23.1 Å². The first-order valence-electron chi connectivity index (χ1n) is 8.33. The van der Waals surface area contributed by atoms with E-state index in [0.717, 1.165) is 12.8 Å². The predicted molar refractivity (Wildman–Crippen MR) is 97.9 cm³/mol. The van der Waals surface area contributed by atoms with Crippen molar-refractivity contribution in [2.45, 2.75) is 31.3 Å². The van der Waals surface area contributed by atoms with Gasteiger partial charge in [0.25, 0.3) is 5.91 Å². The van der Waals surface area contributed by atoms with Crippen molar-refractivity contribution in [1.82, 2.24) is 4.90 Å². The third kappa shape index (κ3) is 4.37. The SMILES string of the molecule is COC(=O)c1ccc(OCC(=O)N(C2CC2)C2CCS(=O)(=O)C2)c(Br)c1. The molecule has 26 heavy (non-hydrogen) atoms. The number of sulfone groups is 1. The van der Waals surface area contributed by atoms with Crippen LogP contribution in [0.1, 0.15) is 29.6 Å². The molecule has 7 nitrogen and oxygen atoms in total. The van der Waals surface area contributed by atoms with Gasteiger partial charge in [0.05, 0.1) is 28.7 Å². The van der Waals surface area contributed by atoms with Crippen molar-refractivity contribution < 1.29 is 27.5 Å². The lowest BCUT2D eigenvalue weighted by Crippen LogP contribution is -2.45. The highest BCUT2D eigenvalue weighted by Gasteiger charge is 2.42. The van der Waals surface area contributed by atoms with Gasteiger partial charge in [0.2, 0.25) is 0 Å². The predicted octanol–water partition coefficient (Wildman–Crippen LogP) is 1.79. The third-order valence-electron chi connectivity index (χ3n) is 4.53. The first-order chi connectivity index (χ1) is 12.3. The molecule has 1 aliphatic carbocycles. The van der Waals surface area contributed by atoms with Crippen LogP contribution in [0.5, 0.6) is 5.75 Å². The fourth-order valence-electron chi connectivity index (χ4n) is 3.13. The fraction of sp³-hybridized carbons (Fsp3) is 0.529. The molecule has 0 bridgehead atoms. The van der Waals surface area contributed by atoms with E-state index in [1.165, 1.54) is 7.11 Å². The van der Waals surface area contributed by atoms with E-state index in [1.807, 2.05) is 0 Å². The van der Waals surface area contributed by atoms with Crippen LogP contribution in [0, 0.1) is 0 Å². The van der Waals surface area contributed by atoms with Crippen molar-refractivity contribution in [2.75, 3.05) is 25.2 Å². The van der Waals surface area contributed by atoms with Crippen LogP contribution in [0.4, 0.5) is 0 Å². The lowest BCUT2D eigenvalue weighted by molar-refractivity contribution is -0.135. The zero-order valence-electron chi connectivity index (χ0n) is 14.3. The largest absolute Gasteiger partial charge is 0.483 e. The van der Waals surface area contributed by atoms with E-state index in [0.29, 0.717) is 22.2 Å². The van der Waals surface area contributed by atoms with Crippen molar-refractivity contribution in [2.24, 2.45) is 0 Å². The second kappa shape index (κ2) is 7.56. The summed E-state index contributed by atoms with van der Waals surface area (Å²) in [5.41, 5.74) is 0.369. The molecule has 1 aromatic rings. The van der Waals surface area contributed by atoms with Gasteiger partial charge in [-0.05, 0) is 53.4 Å². The summed E-state index contributed by atoms with van der Waals surface area (Å²) in [6, 6.07) is 4.57.